The molecule has 0 bridgehead atoms. The predicted molar refractivity (Wildman–Crippen MR) is 52.8 cm³/mol. The van der Waals surface area contributed by atoms with Crippen LogP contribution in [-0.4, -0.2) is 13.1 Å². The molecule has 1 aromatic rings. The second-order valence-electron chi connectivity index (χ2n) is 3.41. The highest BCUT2D eigenvalue weighted by Crippen LogP contribution is 2.35. The van der Waals surface area contributed by atoms with Gasteiger partial charge in [-0.05, 0) is 25.0 Å². The van der Waals surface area contributed by atoms with E-state index in [9.17, 15) is 4.39 Å². The summed E-state index contributed by atoms with van der Waals surface area (Å²) < 4.78 is 13.4. The molecule has 0 aromatic heterocycles. The minimum absolute atomic E-state index is 0.234. The van der Waals surface area contributed by atoms with Gasteiger partial charge < -0.3 is 4.90 Å². The highest BCUT2D eigenvalue weighted by atomic mass is 35.5. The normalized spacial score (nSPS) is 15.9. The van der Waals surface area contributed by atoms with Gasteiger partial charge in [0.2, 0.25) is 0 Å². The molecule has 0 aliphatic heterocycles. The van der Waals surface area contributed by atoms with Crippen LogP contribution in [0.4, 0.5) is 10.1 Å². The first kappa shape index (κ1) is 8.82. The molecular formula is C10H11ClFN. The number of hydrogen-bond acceptors (Lipinski definition) is 1. The van der Waals surface area contributed by atoms with Gasteiger partial charge in [0.25, 0.3) is 0 Å². The molecule has 1 aromatic carbocycles. The summed E-state index contributed by atoms with van der Waals surface area (Å²) in [5.41, 5.74) is 0.534. The summed E-state index contributed by atoms with van der Waals surface area (Å²) in [6, 6.07) is 5.27. The van der Waals surface area contributed by atoms with Gasteiger partial charge in [0, 0.05) is 13.1 Å². The molecule has 1 fully saturated rings. The Balaban J connectivity index is 2.36. The Morgan fingerprint density at radius 3 is 2.69 bits per heavy atom. The van der Waals surface area contributed by atoms with Crippen molar-refractivity contribution in [3.05, 3.63) is 29.0 Å². The van der Waals surface area contributed by atoms with E-state index in [4.69, 9.17) is 11.6 Å². The van der Waals surface area contributed by atoms with Crippen LogP contribution in [0.5, 0.6) is 0 Å². The summed E-state index contributed by atoms with van der Waals surface area (Å²) in [5, 5.41) is 0.495. The molecule has 70 valence electrons. The van der Waals surface area contributed by atoms with Gasteiger partial charge in [0.1, 0.15) is 5.82 Å². The largest absolute Gasteiger partial charge is 0.368 e. The number of anilines is 1. The molecule has 0 saturated heterocycles. The van der Waals surface area contributed by atoms with Gasteiger partial charge in [-0.25, -0.2) is 4.39 Å². The summed E-state index contributed by atoms with van der Waals surface area (Å²) in [7, 11) is 1.89. The Morgan fingerprint density at radius 2 is 2.15 bits per heavy atom. The zero-order valence-electron chi connectivity index (χ0n) is 7.43. The molecule has 13 heavy (non-hydrogen) atoms. The molecule has 0 heterocycles. The Morgan fingerprint density at radius 1 is 1.46 bits per heavy atom. The van der Waals surface area contributed by atoms with Crippen LogP contribution in [-0.2, 0) is 0 Å². The van der Waals surface area contributed by atoms with Crippen LogP contribution in [0.1, 0.15) is 12.8 Å². The zero-order valence-corrected chi connectivity index (χ0v) is 8.18. The fourth-order valence-corrected chi connectivity index (χ4v) is 1.77. The summed E-state index contributed by atoms with van der Waals surface area (Å²) in [6.45, 7) is 0. The molecule has 1 nitrogen and oxygen atoms in total. The number of rotatable bonds is 2. The summed E-state index contributed by atoms with van der Waals surface area (Å²) >= 11 is 5.91. The van der Waals surface area contributed by atoms with Gasteiger partial charge in [-0.2, -0.15) is 0 Å². The van der Waals surface area contributed by atoms with E-state index in [1.54, 1.807) is 12.1 Å². The van der Waals surface area contributed by atoms with Gasteiger partial charge in [0.05, 0.1) is 10.7 Å². The lowest BCUT2D eigenvalue weighted by atomic mass is 10.3. The van der Waals surface area contributed by atoms with E-state index < -0.39 is 0 Å². The lowest BCUT2D eigenvalue weighted by Crippen LogP contribution is -2.20. The van der Waals surface area contributed by atoms with Gasteiger partial charge >= 0.3 is 0 Å². The number of nitrogens with zero attached hydrogens (tertiary/aromatic N) is 1. The SMILES string of the molecule is CN(c1c(F)cccc1Cl)C1CC1. The van der Waals surface area contributed by atoms with Crippen molar-refractivity contribution >= 4 is 17.3 Å². The topological polar surface area (TPSA) is 3.24 Å². The molecule has 0 spiro atoms. The van der Waals surface area contributed by atoms with Crippen molar-refractivity contribution in [2.75, 3.05) is 11.9 Å². The first-order chi connectivity index (χ1) is 6.20. The molecule has 0 amide bonds. The van der Waals surface area contributed by atoms with Crippen LogP contribution >= 0.6 is 11.6 Å². The number of benzene rings is 1. The molecule has 1 aliphatic rings. The summed E-state index contributed by atoms with van der Waals surface area (Å²) in [4.78, 5) is 1.93. The van der Waals surface area contributed by atoms with Crippen LogP contribution in [0.3, 0.4) is 0 Å². The van der Waals surface area contributed by atoms with Crippen molar-refractivity contribution in [1.29, 1.82) is 0 Å². The highest BCUT2D eigenvalue weighted by Gasteiger charge is 2.28. The Bertz CT molecular complexity index is 302. The average Bonchev–Trinajstić information content (AvgIpc) is 2.85. The molecule has 1 saturated carbocycles. The standard InChI is InChI=1S/C10H11ClFN/c1-13(7-5-6-7)10-8(11)3-2-4-9(10)12/h2-4,7H,5-6H2,1H3. The third-order valence-corrected chi connectivity index (χ3v) is 2.69. The summed E-state index contributed by atoms with van der Waals surface area (Å²) in [6.07, 6.45) is 2.28. The maximum atomic E-state index is 13.4. The third-order valence-electron chi connectivity index (χ3n) is 2.38. The van der Waals surface area contributed by atoms with Crippen LogP contribution in [0.2, 0.25) is 5.02 Å². The van der Waals surface area contributed by atoms with Crippen molar-refractivity contribution in [2.45, 2.75) is 18.9 Å². The highest BCUT2D eigenvalue weighted by molar-refractivity contribution is 6.33. The maximum absolute atomic E-state index is 13.4. The fourth-order valence-electron chi connectivity index (χ4n) is 1.47. The van der Waals surface area contributed by atoms with E-state index in [0.29, 0.717) is 16.8 Å². The van der Waals surface area contributed by atoms with Gasteiger partial charge in [0.15, 0.2) is 0 Å². The number of halogens is 2. The van der Waals surface area contributed by atoms with E-state index in [0.717, 1.165) is 12.8 Å². The second-order valence-corrected chi connectivity index (χ2v) is 3.82. The van der Waals surface area contributed by atoms with Crippen molar-refractivity contribution in [1.82, 2.24) is 0 Å². The molecule has 0 unspecified atom stereocenters. The first-order valence-electron chi connectivity index (χ1n) is 4.37. The Kier molecular flexibility index (Phi) is 2.16. The smallest absolute Gasteiger partial charge is 0.148 e. The van der Waals surface area contributed by atoms with E-state index in [1.165, 1.54) is 6.07 Å². The second kappa shape index (κ2) is 3.18. The molecule has 1 aliphatic carbocycles. The fraction of sp³-hybridized carbons (Fsp3) is 0.400. The summed E-state index contributed by atoms with van der Waals surface area (Å²) in [5.74, 6) is -0.234. The average molecular weight is 200 g/mol. The van der Waals surface area contributed by atoms with Crippen molar-refractivity contribution in [3.63, 3.8) is 0 Å². The van der Waals surface area contributed by atoms with Crippen LogP contribution < -0.4 is 4.90 Å². The Hall–Kier alpha value is -0.760. The first-order valence-corrected chi connectivity index (χ1v) is 4.75. The van der Waals surface area contributed by atoms with Crippen molar-refractivity contribution in [2.24, 2.45) is 0 Å². The molecule has 0 atom stereocenters. The molecule has 0 radical (unpaired) electrons. The quantitative estimate of drug-likeness (QED) is 0.708. The van der Waals surface area contributed by atoms with Crippen LogP contribution in [0.25, 0.3) is 0 Å². The predicted octanol–water partition coefficient (Wildman–Crippen LogP) is 3.08. The Labute approximate surface area is 82.1 Å². The number of para-hydroxylation sites is 1. The third kappa shape index (κ3) is 1.63. The van der Waals surface area contributed by atoms with E-state index >= 15 is 0 Å². The molecule has 2 rings (SSSR count). The van der Waals surface area contributed by atoms with E-state index in [2.05, 4.69) is 0 Å². The minimum atomic E-state index is -0.234. The molecule has 0 N–H and O–H groups in total. The lowest BCUT2D eigenvalue weighted by molar-refractivity contribution is 0.622. The van der Waals surface area contributed by atoms with Gasteiger partial charge in [-0.3, -0.25) is 0 Å². The number of hydrogen-bond donors (Lipinski definition) is 0. The zero-order chi connectivity index (χ0) is 9.42. The monoisotopic (exact) mass is 199 g/mol. The van der Waals surface area contributed by atoms with Crippen LogP contribution in [0.15, 0.2) is 18.2 Å². The van der Waals surface area contributed by atoms with Crippen molar-refractivity contribution < 1.29 is 4.39 Å². The van der Waals surface area contributed by atoms with Gasteiger partial charge in [-0.15, -0.1) is 0 Å². The van der Waals surface area contributed by atoms with Crippen LogP contribution in [0, 0.1) is 5.82 Å². The van der Waals surface area contributed by atoms with E-state index in [1.807, 2.05) is 11.9 Å². The minimum Gasteiger partial charge on any atom is -0.368 e. The lowest BCUT2D eigenvalue weighted by Gasteiger charge is -2.20. The van der Waals surface area contributed by atoms with E-state index in [-0.39, 0.29) is 5.82 Å². The van der Waals surface area contributed by atoms with Gasteiger partial charge in [-0.1, -0.05) is 17.7 Å². The molecule has 3 heteroatoms. The maximum Gasteiger partial charge on any atom is 0.148 e. The molecular weight excluding hydrogens is 189 g/mol. The van der Waals surface area contributed by atoms with Crippen molar-refractivity contribution in [3.8, 4) is 0 Å².